The molecule has 1 aliphatic rings. The monoisotopic (exact) mass is 306 g/mol. The lowest BCUT2D eigenvalue weighted by Gasteiger charge is -2.22. The van der Waals surface area contributed by atoms with Crippen molar-refractivity contribution >= 4 is 27.3 Å². The highest BCUT2D eigenvalue weighted by atomic mass is 35.5. The molecule has 106 valence electrons. The van der Waals surface area contributed by atoms with Crippen LogP contribution in [0.2, 0.25) is 5.02 Å². The van der Waals surface area contributed by atoms with Gasteiger partial charge in [-0.2, -0.15) is 0 Å². The molecule has 0 radical (unpaired) electrons. The Balaban J connectivity index is 2.01. The molecule has 7 heteroatoms. The van der Waals surface area contributed by atoms with E-state index in [-0.39, 0.29) is 22.4 Å². The Hall–Kier alpha value is -0.850. The average Bonchev–Trinajstić information content (AvgIpc) is 2.34. The van der Waals surface area contributed by atoms with E-state index in [1.807, 2.05) is 0 Å². The molecule has 1 saturated heterocycles. The van der Waals surface area contributed by atoms with Crippen LogP contribution in [0.15, 0.2) is 18.2 Å². The van der Waals surface area contributed by atoms with Crippen molar-refractivity contribution < 1.29 is 12.8 Å². The summed E-state index contributed by atoms with van der Waals surface area (Å²) >= 11 is 5.55. The molecule has 2 rings (SSSR count). The first-order valence-electron chi connectivity index (χ1n) is 6.12. The molecule has 4 nitrogen and oxygen atoms in total. The summed E-state index contributed by atoms with van der Waals surface area (Å²) in [6, 6.07) is 3.86. The van der Waals surface area contributed by atoms with Crippen molar-refractivity contribution in [2.75, 3.05) is 23.6 Å². The zero-order valence-electron chi connectivity index (χ0n) is 10.3. The topological polar surface area (TPSA) is 58.2 Å². The minimum atomic E-state index is -3.46. The minimum absolute atomic E-state index is 0.0283. The average molecular weight is 307 g/mol. The number of rotatable bonds is 4. The van der Waals surface area contributed by atoms with E-state index in [0.29, 0.717) is 6.54 Å². The molecule has 1 aromatic rings. The van der Waals surface area contributed by atoms with Gasteiger partial charge in [0.05, 0.1) is 16.5 Å². The van der Waals surface area contributed by atoms with Gasteiger partial charge in [0.1, 0.15) is 5.82 Å². The molecule has 0 amide bonds. The maximum Gasteiger partial charge on any atom is 0.233 e. The number of hydrogen-bond donors (Lipinski definition) is 2. The fourth-order valence-corrected chi connectivity index (χ4v) is 3.75. The first kappa shape index (κ1) is 14.6. The largest absolute Gasteiger partial charge is 0.316 e. The lowest BCUT2D eigenvalue weighted by atomic mass is 10.0. The van der Waals surface area contributed by atoms with Crippen molar-refractivity contribution in [1.82, 2.24) is 5.32 Å². The summed E-state index contributed by atoms with van der Waals surface area (Å²) in [4.78, 5) is 0. The fourth-order valence-electron chi connectivity index (χ4n) is 2.16. The molecule has 1 heterocycles. The number of anilines is 1. The van der Waals surface area contributed by atoms with Crippen molar-refractivity contribution in [3.8, 4) is 0 Å². The predicted octanol–water partition coefficient (Wildman–Crippen LogP) is 2.22. The van der Waals surface area contributed by atoms with Crippen LogP contribution >= 0.6 is 11.6 Å². The van der Waals surface area contributed by atoms with Crippen LogP contribution in [0.1, 0.15) is 12.8 Å². The number of nitrogens with one attached hydrogen (secondary N) is 2. The molecule has 0 aromatic heterocycles. The van der Waals surface area contributed by atoms with Crippen molar-refractivity contribution in [1.29, 1.82) is 0 Å². The van der Waals surface area contributed by atoms with Crippen LogP contribution in [0.25, 0.3) is 0 Å². The molecule has 0 bridgehead atoms. The van der Waals surface area contributed by atoms with E-state index >= 15 is 0 Å². The van der Waals surface area contributed by atoms with E-state index in [0.717, 1.165) is 25.5 Å². The fraction of sp³-hybridized carbons (Fsp3) is 0.500. The quantitative estimate of drug-likeness (QED) is 0.897. The third kappa shape index (κ3) is 4.33. The van der Waals surface area contributed by atoms with Gasteiger partial charge in [-0.05, 0) is 50.0 Å². The van der Waals surface area contributed by atoms with E-state index in [1.165, 1.54) is 12.1 Å². The van der Waals surface area contributed by atoms with Crippen LogP contribution in [0, 0.1) is 11.7 Å². The molecule has 1 aliphatic heterocycles. The lowest BCUT2D eigenvalue weighted by Crippen LogP contribution is -2.35. The zero-order valence-corrected chi connectivity index (χ0v) is 11.9. The van der Waals surface area contributed by atoms with E-state index < -0.39 is 15.8 Å². The Labute approximate surface area is 117 Å². The normalized spacial score (nSPS) is 20.2. The second kappa shape index (κ2) is 6.07. The molecule has 19 heavy (non-hydrogen) atoms. The van der Waals surface area contributed by atoms with Gasteiger partial charge in [0.2, 0.25) is 10.0 Å². The van der Waals surface area contributed by atoms with Crippen LogP contribution in [0.3, 0.4) is 0 Å². The zero-order chi connectivity index (χ0) is 13.9. The van der Waals surface area contributed by atoms with E-state index in [4.69, 9.17) is 11.6 Å². The maximum atomic E-state index is 13.2. The van der Waals surface area contributed by atoms with Gasteiger partial charge in [0, 0.05) is 0 Å². The summed E-state index contributed by atoms with van der Waals surface area (Å²) in [6.45, 7) is 1.64. The molecule has 1 fully saturated rings. The number of sulfonamides is 1. The van der Waals surface area contributed by atoms with Gasteiger partial charge in [0.15, 0.2) is 0 Å². The second-order valence-electron chi connectivity index (χ2n) is 4.72. The Morgan fingerprint density at radius 1 is 1.47 bits per heavy atom. The SMILES string of the molecule is O=S(=O)(CC1CCCNC1)Nc1ccc(Cl)c(F)c1. The Morgan fingerprint density at radius 3 is 2.89 bits per heavy atom. The third-order valence-electron chi connectivity index (χ3n) is 3.05. The van der Waals surface area contributed by atoms with E-state index in [2.05, 4.69) is 10.0 Å². The molecule has 2 N–H and O–H groups in total. The predicted molar refractivity (Wildman–Crippen MR) is 74.4 cm³/mol. The summed E-state index contributed by atoms with van der Waals surface area (Å²) in [5.74, 6) is -0.492. The van der Waals surface area contributed by atoms with Gasteiger partial charge in [0.25, 0.3) is 0 Å². The van der Waals surface area contributed by atoms with Crippen LogP contribution in [0.5, 0.6) is 0 Å². The smallest absolute Gasteiger partial charge is 0.233 e. The van der Waals surface area contributed by atoms with Crippen LogP contribution in [-0.4, -0.2) is 27.3 Å². The van der Waals surface area contributed by atoms with Crippen molar-refractivity contribution in [2.24, 2.45) is 5.92 Å². The number of piperidine rings is 1. The summed E-state index contributed by atoms with van der Waals surface area (Å²) in [5, 5.41) is 3.14. The molecule has 0 spiro atoms. The number of halogens is 2. The molecule has 1 aromatic carbocycles. The van der Waals surface area contributed by atoms with Crippen LogP contribution < -0.4 is 10.0 Å². The molecule has 0 aliphatic carbocycles. The third-order valence-corrected chi connectivity index (χ3v) is 4.81. The molecule has 0 saturated carbocycles. The number of benzene rings is 1. The molecule has 1 unspecified atom stereocenters. The van der Waals surface area contributed by atoms with Crippen molar-refractivity contribution in [2.45, 2.75) is 12.8 Å². The lowest BCUT2D eigenvalue weighted by molar-refractivity contribution is 0.404. The molecule has 1 atom stereocenters. The van der Waals surface area contributed by atoms with Gasteiger partial charge in [-0.3, -0.25) is 4.72 Å². The minimum Gasteiger partial charge on any atom is -0.316 e. The number of hydrogen-bond acceptors (Lipinski definition) is 3. The highest BCUT2D eigenvalue weighted by molar-refractivity contribution is 7.92. The summed E-state index contributed by atoms with van der Waals surface area (Å²) in [6.07, 6.45) is 1.87. The van der Waals surface area contributed by atoms with E-state index in [1.54, 1.807) is 0 Å². The highest BCUT2D eigenvalue weighted by Crippen LogP contribution is 2.20. The van der Waals surface area contributed by atoms with Crippen LogP contribution in [0.4, 0.5) is 10.1 Å². The summed E-state index contributed by atoms with van der Waals surface area (Å²) in [7, 11) is -3.46. The highest BCUT2D eigenvalue weighted by Gasteiger charge is 2.21. The van der Waals surface area contributed by atoms with E-state index in [9.17, 15) is 12.8 Å². The van der Waals surface area contributed by atoms with Gasteiger partial charge in [-0.1, -0.05) is 11.6 Å². The standard InChI is InChI=1S/C12H16ClFN2O2S/c13-11-4-3-10(6-12(11)14)16-19(17,18)8-9-2-1-5-15-7-9/h3-4,6,9,15-16H,1-2,5,7-8H2. The molecular formula is C12H16ClFN2O2S. The van der Waals surface area contributed by atoms with Crippen LogP contribution in [-0.2, 0) is 10.0 Å². The summed E-state index contributed by atoms with van der Waals surface area (Å²) in [5.41, 5.74) is 0.200. The first-order valence-corrected chi connectivity index (χ1v) is 8.15. The summed E-state index contributed by atoms with van der Waals surface area (Å²) < 4.78 is 39.6. The first-order chi connectivity index (χ1) is 8.96. The Morgan fingerprint density at radius 2 is 2.26 bits per heavy atom. The maximum absolute atomic E-state index is 13.2. The second-order valence-corrected chi connectivity index (χ2v) is 6.90. The van der Waals surface area contributed by atoms with Gasteiger partial charge < -0.3 is 5.32 Å². The van der Waals surface area contributed by atoms with Crippen molar-refractivity contribution in [3.63, 3.8) is 0 Å². The van der Waals surface area contributed by atoms with Gasteiger partial charge in [-0.15, -0.1) is 0 Å². The Bertz CT molecular complexity index is 545. The Kier molecular flexibility index (Phi) is 4.65. The van der Waals surface area contributed by atoms with Crippen molar-refractivity contribution in [3.05, 3.63) is 29.0 Å². The van der Waals surface area contributed by atoms with Gasteiger partial charge in [-0.25, -0.2) is 12.8 Å². The molecular weight excluding hydrogens is 291 g/mol. The van der Waals surface area contributed by atoms with Gasteiger partial charge >= 0.3 is 0 Å².